The average molecular weight is 307 g/mol. The van der Waals surface area contributed by atoms with Gasteiger partial charge in [0.25, 0.3) is 5.56 Å². The molecule has 1 saturated carbocycles. The molecule has 1 N–H and O–H groups in total. The third kappa shape index (κ3) is 3.51. The Kier molecular flexibility index (Phi) is 4.95. The lowest BCUT2D eigenvalue weighted by atomic mass is 9.69. The summed E-state index contributed by atoms with van der Waals surface area (Å²) in [5, 5.41) is 3.60. The predicted molar refractivity (Wildman–Crippen MR) is 89.0 cm³/mol. The van der Waals surface area contributed by atoms with Gasteiger partial charge in [-0.05, 0) is 24.2 Å². The minimum atomic E-state index is -0.264. The minimum absolute atomic E-state index is 0.240. The van der Waals surface area contributed by atoms with Crippen molar-refractivity contribution >= 4 is 0 Å². The van der Waals surface area contributed by atoms with Gasteiger partial charge in [-0.3, -0.25) is 13.9 Å². The van der Waals surface area contributed by atoms with E-state index in [1.54, 1.807) is 17.7 Å². The van der Waals surface area contributed by atoms with Crippen LogP contribution in [0.5, 0.6) is 0 Å². The number of aromatic nitrogens is 2. The van der Waals surface area contributed by atoms with Crippen LogP contribution >= 0.6 is 0 Å². The highest BCUT2D eigenvalue weighted by molar-refractivity contribution is 5.02. The van der Waals surface area contributed by atoms with Crippen molar-refractivity contribution in [1.29, 1.82) is 0 Å². The molecule has 2 rings (SSSR count). The highest BCUT2D eigenvalue weighted by Gasteiger charge is 2.33. The van der Waals surface area contributed by atoms with Crippen molar-refractivity contribution in [3.8, 4) is 0 Å². The highest BCUT2D eigenvalue weighted by Crippen LogP contribution is 2.38. The van der Waals surface area contributed by atoms with Crippen LogP contribution in [-0.4, -0.2) is 15.2 Å². The third-order valence-electron chi connectivity index (χ3n) is 5.05. The van der Waals surface area contributed by atoms with Crippen molar-refractivity contribution in [1.82, 2.24) is 14.5 Å². The van der Waals surface area contributed by atoms with Crippen molar-refractivity contribution in [3.63, 3.8) is 0 Å². The molecular formula is C17H29N3O2. The summed E-state index contributed by atoms with van der Waals surface area (Å²) in [5.41, 5.74) is 0.527. The van der Waals surface area contributed by atoms with E-state index in [-0.39, 0.29) is 16.7 Å². The summed E-state index contributed by atoms with van der Waals surface area (Å²) in [6.45, 7) is 7.46. The number of nitrogens with zero attached hydrogens (tertiary/aromatic N) is 2. The zero-order chi connectivity index (χ0) is 16.5. The van der Waals surface area contributed by atoms with Crippen molar-refractivity contribution in [2.45, 2.75) is 59.0 Å². The molecule has 0 amide bonds. The molecule has 1 aromatic rings. The van der Waals surface area contributed by atoms with Gasteiger partial charge in [0.05, 0.1) is 0 Å². The van der Waals surface area contributed by atoms with Gasteiger partial charge in [0.2, 0.25) is 0 Å². The number of hydrogen-bond acceptors (Lipinski definition) is 3. The predicted octanol–water partition coefficient (Wildman–Crippen LogP) is 1.78. The summed E-state index contributed by atoms with van der Waals surface area (Å²) in [5.74, 6) is 0.629. The molecule has 22 heavy (non-hydrogen) atoms. The summed E-state index contributed by atoms with van der Waals surface area (Å²) in [6.07, 6.45) is 4.96. The molecule has 2 atom stereocenters. The molecule has 5 nitrogen and oxygen atoms in total. The van der Waals surface area contributed by atoms with E-state index in [1.807, 2.05) is 0 Å². The maximum Gasteiger partial charge on any atom is 0.330 e. The van der Waals surface area contributed by atoms with E-state index in [2.05, 4.69) is 26.1 Å². The topological polar surface area (TPSA) is 56.0 Å². The normalized spacial score (nSPS) is 22.8. The van der Waals surface area contributed by atoms with E-state index >= 15 is 0 Å². The van der Waals surface area contributed by atoms with Crippen LogP contribution in [0.2, 0.25) is 0 Å². The first kappa shape index (κ1) is 17.0. The second-order valence-corrected chi connectivity index (χ2v) is 7.62. The maximum absolute atomic E-state index is 12.0. The molecule has 1 fully saturated rings. The lowest BCUT2D eigenvalue weighted by Crippen LogP contribution is -2.45. The Balaban J connectivity index is 2.15. The van der Waals surface area contributed by atoms with Crippen LogP contribution in [-0.2, 0) is 20.6 Å². The molecule has 0 saturated heterocycles. The Morgan fingerprint density at radius 2 is 1.77 bits per heavy atom. The summed E-state index contributed by atoms with van der Waals surface area (Å²) in [7, 11) is 3.24. The Morgan fingerprint density at radius 3 is 2.41 bits per heavy atom. The molecule has 1 heterocycles. The van der Waals surface area contributed by atoms with Crippen molar-refractivity contribution in [3.05, 3.63) is 32.6 Å². The molecular weight excluding hydrogens is 278 g/mol. The van der Waals surface area contributed by atoms with E-state index in [0.29, 0.717) is 18.5 Å². The Bertz CT molecular complexity index is 637. The van der Waals surface area contributed by atoms with Gasteiger partial charge >= 0.3 is 5.69 Å². The fourth-order valence-corrected chi connectivity index (χ4v) is 3.60. The summed E-state index contributed by atoms with van der Waals surface area (Å²) >= 11 is 0. The molecule has 5 heteroatoms. The zero-order valence-corrected chi connectivity index (χ0v) is 14.5. The third-order valence-corrected chi connectivity index (χ3v) is 5.05. The number of hydrogen-bond donors (Lipinski definition) is 1. The molecule has 0 radical (unpaired) electrons. The second-order valence-electron chi connectivity index (χ2n) is 7.62. The highest BCUT2D eigenvalue weighted by atomic mass is 16.2. The van der Waals surface area contributed by atoms with Crippen LogP contribution in [0, 0.1) is 11.3 Å². The van der Waals surface area contributed by atoms with Gasteiger partial charge in [0, 0.05) is 38.4 Å². The van der Waals surface area contributed by atoms with Crippen LogP contribution in [0.25, 0.3) is 0 Å². The van der Waals surface area contributed by atoms with E-state index in [4.69, 9.17) is 0 Å². The fraction of sp³-hybridized carbons (Fsp3) is 0.765. The molecule has 0 aromatic carbocycles. The first-order valence-corrected chi connectivity index (χ1v) is 8.21. The Hall–Kier alpha value is -1.36. The number of nitrogens with one attached hydrogen (secondary N) is 1. The molecule has 0 bridgehead atoms. The van der Waals surface area contributed by atoms with Crippen LogP contribution < -0.4 is 16.6 Å². The van der Waals surface area contributed by atoms with Crippen molar-refractivity contribution in [2.24, 2.45) is 25.4 Å². The SMILES string of the molecule is Cn1c(CN[C@@H]2CCCC[C@H]2C(C)(C)C)cc(=O)n(C)c1=O. The van der Waals surface area contributed by atoms with Gasteiger partial charge in [-0.15, -0.1) is 0 Å². The maximum atomic E-state index is 12.0. The molecule has 124 valence electrons. The van der Waals surface area contributed by atoms with E-state index in [0.717, 1.165) is 10.3 Å². The van der Waals surface area contributed by atoms with E-state index in [1.165, 1.54) is 32.7 Å². The molecule has 0 aliphatic heterocycles. The molecule has 1 aliphatic carbocycles. The zero-order valence-electron chi connectivity index (χ0n) is 14.5. The standard InChI is InChI=1S/C17H29N3O2/c1-17(2,3)13-8-6-7-9-14(13)18-11-12-10-15(21)20(5)16(22)19(12)4/h10,13-14,18H,6-9,11H2,1-5H3/t13-,14-/m1/s1. The largest absolute Gasteiger partial charge is 0.330 e. The monoisotopic (exact) mass is 307 g/mol. The molecule has 0 unspecified atom stereocenters. The van der Waals surface area contributed by atoms with Gasteiger partial charge in [0.1, 0.15) is 0 Å². The van der Waals surface area contributed by atoms with Gasteiger partial charge < -0.3 is 5.32 Å². The fourth-order valence-electron chi connectivity index (χ4n) is 3.60. The first-order chi connectivity index (χ1) is 10.2. The molecule has 0 spiro atoms. The summed E-state index contributed by atoms with van der Waals surface area (Å²) < 4.78 is 2.70. The smallest absolute Gasteiger partial charge is 0.308 e. The quantitative estimate of drug-likeness (QED) is 0.926. The summed E-state index contributed by atoms with van der Waals surface area (Å²) in [4.78, 5) is 23.8. The Labute approximate surface area is 132 Å². The lowest BCUT2D eigenvalue weighted by molar-refractivity contribution is 0.129. The van der Waals surface area contributed by atoms with Crippen molar-refractivity contribution < 1.29 is 0 Å². The minimum Gasteiger partial charge on any atom is -0.308 e. The van der Waals surface area contributed by atoms with E-state index < -0.39 is 0 Å². The van der Waals surface area contributed by atoms with Crippen LogP contribution in [0.15, 0.2) is 15.7 Å². The van der Waals surface area contributed by atoms with Crippen molar-refractivity contribution in [2.75, 3.05) is 0 Å². The average Bonchev–Trinajstić information content (AvgIpc) is 2.47. The van der Waals surface area contributed by atoms with Crippen LogP contribution in [0.1, 0.15) is 52.1 Å². The van der Waals surface area contributed by atoms with Gasteiger partial charge in [0.15, 0.2) is 0 Å². The molecule has 1 aliphatic rings. The Morgan fingerprint density at radius 1 is 1.14 bits per heavy atom. The first-order valence-electron chi connectivity index (χ1n) is 8.21. The van der Waals surface area contributed by atoms with Crippen LogP contribution in [0.4, 0.5) is 0 Å². The van der Waals surface area contributed by atoms with Crippen LogP contribution in [0.3, 0.4) is 0 Å². The summed E-state index contributed by atoms with van der Waals surface area (Å²) in [6, 6.07) is 2.01. The number of rotatable bonds is 3. The van der Waals surface area contributed by atoms with Gasteiger partial charge in [-0.2, -0.15) is 0 Å². The lowest BCUT2D eigenvalue weighted by Gasteiger charge is -2.41. The van der Waals surface area contributed by atoms with Gasteiger partial charge in [-0.1, -0.05) is 33.6 Å². The molecule has 1 aromatic heterocycles. The van der Waals surface area contributed by atoms with E-state index in [9.17, 15) is 9.59 Å². The second kappa shape index (κ2) is 6.41. The van der Waals surface area contributed by atoms with Gasteiger partial charge in [-0.25, -0.2) is 4.79 Å².